The minimum atomic E-state index is 0.205. The molecule has 4 rings (SSSR count). The molecule has 0 aliphatic carbocycles. The summed E-state index contributed by atoms with van der Waals surface area (Å²) in [7, 11) is 0. The van der Waals surface area contributed by atoms with Crippen LogP contribution >= 0.6 is 0 Å². The molecule has 1 saturated heterocycles. The first-order valence-electron chi connectivity index (χ1n) is 10.6. The molecule has 2 heteroatoms. The van der Waals surface area contributed by atoms with Crippen LogP contribution < -0.4 is 9.80 Å². The Morgan fingerprint density at radius 2 is 0.966 bits per heavy atom. The van der Waals surface area contributed by atoms with Gasteiger partial charge in [-0.05, 0) is 69.4 Å². The third-order valence-electron chi connectivity index (χ3n) is 6.12. The number of hydrogen-bond acceptors (Lipinski definition) is 2. The molecule has 29 heavy (non-hydrogen) atoms. The van der Waals surface area contributed by atoms with Crippen LogP contribution in [0.3, 0.4) is 0 Å². The van der Waals surface area contributed by atoms with Crippen LogP contribution in [0, 0.1) is 41.5 Å². The summed E-state index contributed by atoms with van der Waals surface area (Å²) in [6.45, 7) is 15.4. The molecule has 0 unspecified atom stereocenters. The summed E-state index contributed by atoms with van der Waals surface area (Å²) >= 11 is 0. The van der Waals surface area contributed by atoms with Crippen molar-refractivity contribution in [2.24, 2.45) is 0 Å². The number of anilines is 2. The van der Waals surface area contributed by atoms with Crippen LogP contribution in [0.5, 0.6) is 0 Å². The van der Waals surface area contributed by atoms with Gasteiger partial charge in [0, 0.05) is 24.5 Å². The van der Waals surface area contributed by atoms with E-state index in [0.717, 1.165) is 13.1 Å². The summed E-state index contributed by atoms with van der Waals surface area (Å²) in [5.74, 6) is 0. The van der Waals surface area contributed by atoms with E-state index in [2.05, 4.69) is 106 Å². The molecule has 0 aromatic heterocycles. The fraction of sp³-hybridized carbons (Fsp3) is 0.333. The highest BCUT2D eigenvalue weighted by molar-refractivity contribution is 5.68. The van der Waals surface area contributed by atoms with Gasteiger partial charge < -0.3 is 9.80 Å². The van der Waals surface area contributed by atoms with Gasteiger partial charge in [0.2, 0.25) is 0 Å². The smallest absolute Gasteiger partial charge is 0.128 e. The van der Waals surface area contributed by atoms with Crippen LogP contribution in [0.2, 0.25) is 0 Å². The molecule has 0 amide bonds. The summed E-state index contributed by atoms with van der Waals surface area (Å²) in [5, 5.41) is 0. The van der Waals surface area contributed by atoms with Crippen LogP contribution in [0.15, 0.2) is 54.6 Å². The van der Waals surface area contributed by atoms with Crippen LogP contribution in [0.25, 0.3) is 0 Å². The monoisotopic (exact) mass is 384 g/mol. The van der Waals surface area contributed by atoms with Gasteiger partial charge >= 0.3 is 0 Å². The van der Waals surface area contributed by atoms with Crippen molar-refractivity contribution >= 4 is 11.4 Å². The van der Waals surface area contributed by atoms with Crippen molar-refractivity contribution in [2.75, 3.05) is 22.9 Å². The molecule has 0 saturated carbocycles. The van der Waals surface area contributed by atoms with Crippen LogP contribution in [0.1, 0.15) is 45.1 Å². The Hall–Kier alpha value is -2.74. The van der Waals surface area contributed by atoms with Crippen molar-refractivity contribution in [1.29, 1.82) is 0 Å². The molecule has 0 spiro atoms. The average Bonchev–Trinajstić information content (AvgIpc) is 3.05. The van der Waals surface area contributed by atoms with Crippen molar-refractivity contribution in [3.05, 3.63) is 93.5 Å². The van der Waals surface area contributed by atoms with E-state index >= 15 is 0 Å². The van der Waals surface area contributed by atoms with E-state index in [4.69, 9.17) is 0 Å². The molecular formula is C27H32N2. The Morgan fingerprint density at radius 1 is 0.586 bits per heavy atom. The molecule has 150 valence electrons. The minimum absolute atomic E-state index is 0.205. The van der Waals surface area contributed by atoms with Gasteiger partial charge in [-0.25, -0.2) is 0 Å². The number of aryl methyl sites for hydroxylation is 6. The van der Waals surface area contributed by atoms with E-state index < -0.39 is 0 Å². The van der Waals surface area contributed by atoms with Gasteiger partial charge in [-0.15, -0.1) is 0 Å². The number of rotatable bonds is 3. The summed E-state index contributed by atoms with van der Waals surface area (Å²) in [6, 6.07) is 20.2. The molecule has 0 N–H and O–H groups in total. The second-order valence-corrected chi connectivity index (χ2v) is 8.67. The minimum Gasteiger partial charge on any atom is -0.345 e. The fourth-order valence-electron chi connectivity index (χ4n) is 5.33. The van der Waals surface area contributed by atoms with E-state index in [1.165, 1.54) is 50.3 Å². The molecule has 0 radical (unpaired) electrons. The first kappa shape index (κ1) is 19.6. The largest absolute Gasteiger partial charge is 0.345 e. The lowest BCUT2D eigenvalue weighted by Crippen LogP contribution is -2.32. The standard InChI is InChI=1S/C27H32N2/c1-18-14-20(3)25(21(4)15-18)28-12-13-29(27(28)24-10-8-7-9-11-24)26-22(5)16-19(2)17-23(26)6/h7-11,14-17,27H,12-13H2,1-6H3. The van der Waals surface area contributed by atoms with Gasteiger partial charge in [0.1, 0.15) is 6.17 Å². The van der Waals surface area contributed by atoms with Crippen molar-refractivity contribution in [3.8, 4) is 0 Å². The Balaban J connectivity index is 1.88. The van der Waals surface area contributed by atoms with Crippen molar-refractivity contribution in [2.45, 2.75) is 47.7 Å². The van der Waals surface area contributed by atoms with Gasteiger partial charge in [0.15, 0.2) is 0 Å². The summed E-state index contributed by atoms with van der Waals surface area (Å²) in [4.78, 5) is 5.22. The van der Waals surface area contributed by atoms with E-state index in [0.29, 0.717) is 0 Å². The Labute approximate surface area is 175 Å². The Morgan fingerprint density at radius 3 is 1.34 bits per heavy atom. The van der Waals surface area contributed by atoms with Gasteiger partial charge in [-0.2, -0.15) is 0 Å². The highest BCUT2D eigenvalue weighted by atomic mass is 15.4. The van der Waals surface area contributed by atoms with Crippen molar-refractivity contribution in [1.82, 2.24) is 0 Å². The average molecular weight is 385 g/mol. The molecule has 1 fully saturated rings. The van der Waals surface area contributed by atoms with Gasteiger partial charge in [0.05, 0.1) is 0 Å². The predicted octanol–water partition coefficient (Wildman–Crippen LogP) is 6.56. The zero-order valence-corrected chi connectivity index (χ0v) is 18.6. The van der Waals surface area contributed by atoms with Crippen LogP contribution in [0.4, 0.5) is 11.4 Å². The third kappa shape index (κ3) is 3.53. The molecule has 3 aromatic rings. The quantitative estimate of drug-likeness (QED) is 0.504. The van der Waals surface area contributed by atoms with Crippen molar-refractivity contribution in [3.63, 3.8) is 0 Å². The molecule has 2 nitrogen and oxygen atoms in total. The highest BCUT2D eigenvalue weighted by Gasteiger charge is 2.36. The lowest BCUT2D eigenvalue weighted by atomic mass is 10.0. The molecule has 1 aliphatic heterocycles. The zero-order chi connectivity index (χ0) is 20.7. The Kier molecular flexibility index (Phi) is 5.12. The Bertz CT molecular complexity index is 924. The second kappa shape index (κ2) is 7.59. The third-order valence-corrected chi connectivity index (χ3v) is 6.12. The molecule has 0 atom stereocenters. The maximum Gasteiger partial charge on any atom is 0.128 e. The van der Waals surface area contributed by atoms with Gasteiger partial charge in [-0.1, -0.05) is 65.7 Å². The van der Waals surface area contributed by atoms with Crippen molar-refractivity contribution < 1.29 is 0 Å². The summed E-state index contributed by atoms with van der Waals surface area (Å²) in [5.41, 5.74) is 12.2. The number of hydrogen-bond donors (Lipinski definition) is 0. The van der Waals surface area contributed by atoms with E-state index in [1.807, 2.05) is 0 Å². The summed E-state index contributed by atoms with van der Waals surface area (Å²) < 4.78 is 0. The number of nitrogens with zero attached hydrogens (tertiary/aromatic N) is 2. The van der Waals surface area contributed by atoms with Crippen LogP contribution in [-0.2, 0) is 0 Å². The first-order valence-corrected chi connectivity index (χ1v) is 10.6. The zero-order valence-electron chi connectivity index (χ0n) is 18.6. The lowest BCUT2D eigenvalue weighted by molar-refractivity contribution is 0.711. The SMILES string of the molecule is Cc1cc(C)c(N2CCN(c3c(C)cc(C)cc3C)C2c2ccccc2)c(C)c1. The normalized spacial score (nSPS) is 14.7. The van der Waals surface area contributed by atoms with E-state index in [9.17, 15) is 0 Å². The maximum atomic E-state index is 2.61. The van der Waals surface area contributed by atoms with E-state index in [-0.39, 0.29) is 6.17 Å². The number of benzene rings is 3. The molecule has 0 bridgehead atoms. The molecule has 1 heterocycles. The predicted molar refractivity (Wildman–Crippen MR) is 125 cm³/mol. The topological polar surface area (TPSA) is 6.48 Å². The van der Waals surface area contributed by atoms with Gasteiger partial charge in [0.25, 0.3) is 0 Å². The van der Waals surface area contributed by atoms with Gasteiger partial charge in [-0.3, -0.25) is 0 Å². The highest BCUT2D eigenvalue weighted by Crippen LogP contribution is 2.42. The molecular weight excluding hydrogens is 352 g/mol. The van der Waals surface area contributed by atoms with E-state index in [1.54, 1.807) is 0 Å². The molecule has 3 aromatic carbocycles. The maximum absolute atomic E-state index is 2.61. The second-order valence-electron chi connectivity index (χ2n) is 8.67. The van der Waals surface area contributed by atoms with Crippen LogP contribution in [-0.4, -0.2) is 13.1 Å². The fourth-order valence-corrected chi connectivity index (χ4v) is 5.33. The first-order chi connectivity index (χ1) is 13.9. The lowest BCUT2D eigenvalue weighted by Gasteiger charge is -2.36. The molecule has 1 aliphatic rings. The summed E-state index contributed by atoms with van der Waals surface area (Å²) in [6.07, 6.45) is 0.205.